The molecule has 1 aliphatic rings. The standard InChI is InChI=1S/C10H9NO2S/c1-6-3-4-8(14-6)5-9-7(2)11-13-10(9)12/h3-5H,1-2H3. The lowest BCUT2D eigenvalue weighted by Crippen LogP contribution is -2.01. The number of aryl methyl sites for hydroxylation is 1. The minimum absolute atomic E-state index is 0.367. The Morgan fingerprint density at radius 3 is 2.71 bits per heavy atom. The van der Waals surface area contributed by atoms with Crippen LogP contribution in [0, 0.1) is 6.92 Å². The van der Waals surface area contributed by atoms with E-state index in [0.29, 0.717) is 11.3 Å². The second kappa shape index (κ2) is 3.38. The van der Waals surface area contributed by atoms with Gasteiger partial charge in [-0.15, -0.1) is 11.3 Å². The summed E-state index contributed by atoms with van der Waals surface area (Å²) in [4.78, 5) is 18.0. The van der Waals surface area contributed by atoms with Gasteiger partial charge in [-0.3, -0.25) is 0 Å². The number of hydrogen-bond acceptors (Lipinski definition) is 4. The van der Waals surface area contributed by atoms with E-state index in [1.165, 1.54) is 4.88 Å². The number of carbonyl (C=O) groups is 1. The predicted molar refractivity (Wildman–Crippen MR) is 56.2 cm³/mol. The summed E-state index contributed by atoms with van der Waals surface area (Å²) in [6.07, 6.45) is 1.81. The molecule has 0 spiro atoms. The van der Waals surface area contributed by atoms with E-state index in [4.69, 9.17) is 0 Å². The molecule has 1 aromatic heterocycles. The summed E-state index contributed by atoms with van der Waals surface area (Å²) in [5, 5.41) is 3.61. The molecule has 0 fully saturated rings. The zero-order valence-corrected chi connectivity index (χ0v) is 8.72. The second-order valence-electron chi connectivity index (χ2n) is 3.06. The van der Waals surface area contributed by atoms with Gasteiger partial charge in [0.15, 0.2) is 0 Å². The third-order valence-corrected chi connectivity index (χ3v) is 2.87. The minimum Gasteiger partial charge on any atom is -0.312 e. The maximum absolute atomic E-state index is 11.2. The van der Waals surface area contributed by atoms with Crippen LogP contribution in [-0.2, 0) is 9.63 Å². The SMILES string of the molecule is CC1=NOC(=O)C1=Cc1ccc(C)s1. The fraction of sp³-hybridized carbons (Fsp3) is 0.200. The Hall–Kier alpha value is -1.42. The Labute approximate surface area is 85.7 Å². The molecule has 0 saturated carbocycles. The highest BCUT2D eigenvalue weighted by Gasteiger charge is 2.21. The fourth-order valence-electron chi connectivity index (χ4n) is 1.19. The lowest BCUT2D eigenvalue weighted by Gasteiger charge is -1.90. The van der Waals surface area contributed by atoms with Crippen LogP contribution in [-0.4, -0.2) is 11.7 Å². The van der Waals surface area contributed by atoms with E-state index in [-0.39, 0.29) is 5.97 Å². The van der Waals surface area contributed by atoms with E-state index < -0.39 is 0 Å². The number of thiophene rings is 1. The Morgan fingerprint density at radius 1 is 1.43 bits per heavy atom. The van der Waals surface area contributed by atoms with E-state index in [0.717, 1.165) is 4.88 Å². The molecule has 2 rings (SSSR count). The van der Waals surface area contributed by atoms with E-state index >= 15 is 0 Å². The second-order valence-corrected chi connectivity index (χ2v) is 4.38. The first kappa shape index (κ1) is 9.15. The van der Waals surface area contributed by atoms with Crippen molar-refractivity contribution in [3.63, 3.8) is 0 Å². The molecule has 0 amide bonds. The zero-order valence-electron chi connectivity index (χ0n) is 7.90. The van der Waals surface area contributed by atoms with Gasteiger partial charge >= 0.3 is 5.97 Å². The number of hydrogen-bond donors (Lipinski definition) is 0. The molecule has 0 unspecified atom stereocenters. The normalized spacial score (nSPS) is 18.6. The lowest BCUT2D eigenvalue weighted by molar-refractivity contribution is -0.136. The van der Waals surface area contributed by atoms with Gasteiger partial charge in [-0.1, -0.05) is 5.16 Å². The summed E-state index contributed by atoms with van der Waals surface area (Å²) >= 11 is 1.64. The van der Waals surface area contributed by atoms with E-state index in [2.05, 4.69) is 9.99 Å². The molecular formula is C10H9NO2S. The molecule has 0 N–H and O–H groups in total. The molecular weight excluding hydrogens is 198 g/mol. The van der Waals surface area contributed by atoms with E-state index in [1.807, 2.05) is 25.1 Å². The first-order valence-corrected chi connectivity index (χ1v) is 5.03. The summed E-state index contributed by atoms with van der Waals surface area (Å²) in [5.41, 5.74) is 1.19. The molecule has 0 aliphatic carbocycles. The van der Waals surface area contributed by atoms with Crippen molar-refractivity contribution in [2.75, 3.05) is 0 Å². The predicted octanol–water partition coefficient (Wildman–Crippen LogP) is 2.37. The fourth-order valence-corrected chi connectivity index (χ4v) is 2.01. The van der Waals surface area contributed by atoms with Gasteiger partial charge in [0.25, 0.3) is 0 Å². The molecule has 1 aliphatic heterocycles. The number of carbonyl (C=O) groups excluding carboxylic acids is 1. The van der Waals surface area contributed by atoms with Crippen LogP contribution < -0.4 is 0 Å². The summed E-state index contributed by atoms with van der Waals surface area (Å²) in [6, 6.07) is 4.00. The smallest absolute Gasteiger partial charge is 0.312 e. The monoisotopic (exact) mass is 207 g/mol. The van der Waals surface area contributed by atoms with Crippen molar-refractivity contribution < 1.29 is 9.63 Å². The number of oxime groups is 1. The highest BCUT2D eigenvalue weighted by Crippen LogP contribution is 2.21. The van der Waals surface area contributed by atoms with Crippen LogP contribution >= 0.6 is 11.3 Å². The van der Waals surface area contributed by atoms with Gasteiger partial charge in [0.1, 0.15) is 0 Å². The lowest BCUT2D eigenvalue weighted by atomic mass is 10.1. The number of nitrogens with zero attached hydrogens (tertiary/aromatic N) is 1. The van der Waals surface area contributed by atoms with Crippen molar-refractivity contribution >= 4 is 29.1 Å². The molecule has 0 aromatic carbocycles. The Kier molecular flexibility index (Phi) is 2.21. The Balaban J connectivity index is 2.35. The highest BCUT2D eigenvalue weighted by molar-refractivity contribution is 7.12. The molecule has 0 radical (unpaired) electrons. The van der Waals surface area contributed by atoms with Crippen LogP contribution in [0.5, 0.6) is 0 Å². The molecule has 0 bridgehead atoms. The molecule has 0 atom stereocenters. The van der Waals surface area contributed by atoms with Crippen LogP contribution in [0.4, 0.5) is 0 Å². The molecule has 72 valence electrons. The molecule has 14 heavy (non-hydrogen) atoms. The third-order valence-electron chi connectivity index (χ3n) is 1.92. The summed E-state index contributed by atoms with van der Waals surface area (Å²) in [5.74, 6) is -0.367. The van der Waals surface area contributed by atoms with Gasteiger partial charge in [0.05, 0.1) is 11.3 Å². The van der Waals surface area contributed by atoms with Crippen molar-refractivity contribution in [3.8, 4) is 0 Å². The van der Waals surface area contributed by atoms with Crippen molar-refractivity contribution in [2.24, 2.45) is 5.16 Å². The minimum atomic E-state index is -0.367. The van der Waals surface area contributed by atoms with Gasteiger partial charge in [-0.2, -0.15) is 0 Å². The van der Waals surface area contributed by atoms with Crippen LogP contribution in [0.1, 0.15) is 16.7 Å². The Bertz CT molecular complexity index is 443. The van der Waals surface area contributed by atoms with Gasteiger partial charge in [-0.05, 0) is 32.1 Å². The Morgan fingerprint density at radius 2 is 2.21 bits per heavy atom. The van der Waals surface area contributed by atoms with Crippen LogP contribution in [0.15, 0.2) is 22.9 Å². The largest absolute Gasteiger partial charge is 0.367 e. The quantitative estimate of drug-likeness (QED) is 0.524. The van der Waals surface area contributed by atoms with E-state index in [1.54, 1.807) is 18.3 Å². The molecule has 1 aromatic rings. The zero-order chi connectivity index (χ0) is 10.1. The van der Waals surface area contributed by atoms with E-state index in [9.17, 15) is 4.79 Å². The average Bonchev–Trinajstić information content (AvgIpc) is 2.67. The van der Waals surface area contributed by atoms with Crippen molar-refractivity contribution in [1.29, 1.82) is 0 Å². The van der Waals surface area contributed by atoms with Gasteiger partial charge in [0, 0.05) is 9.75 Å². The molecule has 0 saturated heterocycles. The average molecular weight is 207 g/mol. The van der Waals surface area contributed by atoms with Crippen LogP contribution in [0.25, 0.3) is 6.08 Å². The highest BCUT2D eigenvalue weighted by atomic mass is 32.1. The summed E-state index contributed by atoms with van der Waals surface area (Å²) in [7, 11) is 0. The first-order chi connectivity index (χ1) is 6.66. The van der Waals surface area contributed by atoms with Crippen LogP contribution in [0.3, 0.4) is 0 Å². The van der Waals surface area contributed by atoms with Crippen molar-refractivity contribution in [3.05, 3.63) is 27.5 Å². The topological polar surface area (TPSA) is 38.7 Å². The molecule has 2 heterocycles. The van der Waals surface area contributed by atoms with Gasteiger partial charge in [0.2, 0.25) is 0 Å². The maximum atomic E-state index is 11.2. The number of rotatable bonds is 1. The molecule has 4 heteroatoms. The third kappa shape index (κ3) is 1.61. The van der Waals surface area contributed by atoms with Gasteiger partial charge in [-0.25, -0.2) is 4.79 Å². The van der Waals surface area contributed by atoms with Crippen molar-refractivity contribution in [2.45, 2.75) is 13.8 Å². The van der Waals surface area contributed by atoms with Crippen LogP contribution in [0.2, 0.25) is 0 Å². The first-order valence-electron chi connectivity index (χ1n) is 4.21. The molecule has 3 nitrogen and oxygen atoms in total. The maximum Gasteiger partial charge on any atom is 0.367 e. The summed E-state index contributed by atoms with van der Waals surface area (Å²) < 4.78 is 0. The van der Waals surface area contributed by atoms with Crippen molar-refractivity contribution in [1.82, 2.24) is 0 Å². The van der Waals surface area contributed by atoms with Gasteiger partial charge < -0.3 is 4.84 Å². The summed E-state index contributed by atoms with van der Waals surface area (Å²) in [6.45, 7) is 3.79.